The van der Waals surface area contributed by atoms with Gasteiger partial charge in [0.25, 0.3) is 5.91 Å². The van der Waals surface area contributed by atoms with Gasteiger partial charge in [0.15, 0.2) is 0 Å². The molecule has 28 heavy (non-hydrogen) atoms. The Balaban J connectivity index is 1.77. The van der Waals surface area contributed by atoms with Crippen LogP contribution in [0.15, 0.2) is 36.9 Å². The van der Waals surface area contributed by atoms with E-state index in [9.17, 15) is 4.79 Å². The fourth-order valence-corrected chi connectivity index (χ4v) is 3.41. The molecule has 0 spiro atoms. The number of morpholine rings is 1. The number of aromatic nitrogens is 3. The first-order valence-electron chi connectivity index (χ1n) is 9.29. The van der Waals surface area contributed by atoms with Crippen LogP contribution in [0.1, 0.15) is 23.0 Å². The minimum atomic E-state index is -0.0558. The third-order valence-corrected chi connectivity index (χ3v) is 4.83. The molecule has 0 bridgehead atoms. The van der Waals surface area contributed by atoms with E-state index in [0.29, 0.717) is 37.6 Å². The Morgan fingerprint density at radius 1 is 1.29 bits per heavy atom. The predicted molar refractivity (Wildman–Crippen MR) is 107 cm³/mol. The lowest BCUT2D eigenvalue weighted by Gasteiger charge is -2.26. The van der Waals surface area contributed by atoms with E-state index in [4.69, 9.17) is 10.1 Å². The van der Waals surface area contributed by atoms with E-state index in [1.807, 2.05) is 25.3 Å². The molecule has 0 unspecified atom stereocenters. The maximum atomic E-state index is 12.9. The average Bonchev–Trinajstić information content (AvgIpc) is 3.17. The molecule has 8 heteroatoms. The summed E-state index contributed by atoms with van der Waals surface area (Å²) in [5.41, 5.74) is 4.49. The number of carbonyl (C=O) groups is 1. The summed E-state index contributed by atoms with van der Waals surface area (Å²) in [6.45, 7) is 5.02. The number of hydrogen-bond acceptors (Lipinski definition) is 6. The van der Waals surface area contributed by atoms with Crippen LogP contribution in [-0.4, -0.2) is 64.2 Å². The smallest absolute Gasteiger partial charge is 0.272 e. The molecule has 1 saturated heterocycles. The van der Waals surface area contributed by atoms with Crippen LogP contribution in [0, 0.1) is 5.41 Å². The van der Waals surface area contributed by atoms with Gasteiger partial charge in [-0.3, -0.25) is 14.2 Å². The van der Waals surface area contributed by atoms with E-state index in [-0.39, 0.29) is 5.91 Å². The van der Waals surface area contributed by atoms with Crippen molar-refractivity contribution in [2.24, 2.45) is 0 Å². The standard InChI is InChI=1S/C20H22N6O2/c1-2-23-17-11-22-10-16(15(17)9-21)14-3-4-19-24-12-18(26(19)13-14)20(27)25-5-7-28-8-6-25/h3-4,9-13,21,23H,2,5-8H2,1H3. The Labute approximate surface area is 162 Å². The molecule has 0 atom stereocenters. The molecule has 0 aliphatic carbocycles. The van der Waals surface area contributed by atoms with E-state index in [1.165, 1.54) is 6.21 Å². The molecule has 0 aromatic carbocycles. The van der Waals surface area contributed by atoms with Crippen molar-refractivity contribution in [3.8, 4) is 11.1 Å². The average molecular weight is 378 g/mol. The van der Waals surface area contributed by atoms with Crippen molar-refractivity contribution >= 4 is 23.5 Å². The van der Waals surface area contributed by atoms with Crippen LogP contribution in [0.2, 0.25) is 0 Å². The van der Waals surface area contributed by atoms with Gasteiger partial charge in [-0.1, -0.05) is 0 Å². The van der Waals surface area contributed by atoms with Crippen LogP contribution in [-0.2, 0) is 4.74 Å². The van der Waals surface area contributed by atoms with Gasteiger partial charge in [-0.25, -0.2) is 4.98 Å². The van der Waals surface area contributed by atoms with Crippen LogP contribution in [0.3, 0.4) is 0 Å². The molecule has 4 rings (SSSR count). The highest BCUT2D eigenvalue weighted by atomic mass is 16.5. The molecule has 8 nitrogen and oxygen atoms in total. The fourth-order valence-electron chi connectivity index (χ4n) is 3.41. The van der Waals surface area contributed by atoms with E-state index < -0.39 is 0 Å². The molecule has 144 valence electrons. The van der Waals surface area contributed by atoms with Crippen molar-refractivity contribution in [2.75, 3.05) is 38.2 Å². The highest BCUT2D eigenvalue weighted by molar-refractivity contribution is 5.96. The van der Waals surface area contributed by atoms with Crippen LogP contribution in [0.4, 0.5) is 5.69 Å². The summed E-state index contributed by atoms with van der Waals surface area (Å²) in [5, 5.41) is 11.1. The number of fused-ring (bicyclic) bond motifs is 1. The second-order valence-electron chi connectivity index (χ2n) is 6.52. The molecule has 4 heterocycles. The maximum absolute atomic E-state index is 12.9. The quantitative estimate of drug-likeness (QED) is 0.664. The molecule has 2 N–H and O–H groups in total. The summed E-state index contributed by atoms with van der Waals surface area (Å²) in [6.07, 6.45) is 8.28. The number of rotatable bonds is 5. The first-order chi connectivity index (χ1) is 13.7. The second kappa shape index (κ2) is 7.77. The molecule has 0 radical (unpaired) electrons. The number of nitrogens with zero attached hydrogens (tertiary/aromatic N) is 4. The van der Waals surface area contributed by atoms with Gasteiger partial charge in [0, 0.05) is 54.9 Å². The van der Waals surface area contributed by atoms with Gasteiger partial charge in [0.1, 0.15) is 11.3 Å². The van der Waals surface area contributed by atoms with Crippen molar-refractivity contribution in [1.82, 2.24) is 19.3 Å². The van der Waals surface area contributed by atoms with Gasteiger partial charge >= 0.3 is 0 Å². The summed E-state index contributed by atoms with van der Waals surface area (Å²) in [6, 6.07) is 3.81. The number of anilines is 1. The molecule has 1 aliphatic rings. The van der Waals surface area contributed by atoms with Crippen LogP contribution in [0.25, 0.3) is 16.8 Å². The zero-order chi connectivity index (χ0) is 19.5. The predicted octanol–water partition coefficient (Wildman–Crippen LogP) is 2.30. The number of nitrogens with one attached hydrogen (secondary N) is 2. The topological polar surface area (TPSA) is 95.6 Å². The number of pyridine rings is 2. The van der Waals surface area contributed by atoms with E-state index in [2.05, 4.69) is 15.3 Å². The highest BCUT2D eigenvalue weighted by Gasteiger charge is 2.22. The fraction of sp³-hybridized carbons (Fsp3) is 0.300. The van der Waals surface area contributed by atoms with Gasteiger partial charge in [-0.05, 0) is 19.1 Å². The molecule has 0 saturated carbocycles. The van der Waals surface area contributed by atoms with Crippen LogP contribution < -0.4 is 5.32 Å². The summed E-state index contributed by atoms with van der Waals surface area (Å²) in [7, 11) is 0. The van der Waals surface area contributed by atoms with Crippen molar-refractivity contribution in [3.05, 3.63) is 48.2 Å². The Bertz CT molecular complexity index is 1020. The zero-order valence-electron chi connectivity index (χ0n) is 15.7. The molecule has 3 aromatic heterocycles. The minimum absolute atomic E-state index is 0.0558. The van der Waals surface area contributed by atoms with Crippen LogP contribution >= 0.6 is 0 Å². The van der Waals surface area contributed by atoms with Crippen molar-refractivity contribution < 1.29 is 9.53 Å². The summed E-state index contributed by atoms with van der Waals surface area (Å²) in [5.74, 6) is -0.0558. The Morgan fingerprint density at radius 2 is 2.11 bits per heavy atom. The van der Waals surface area contributed by atoms with E-state index in [0.717, 1.165) is 28.9 Å². The van der Waals surface area contributed by atoms with Gasteiger partial charge < -0.3 is 20.4 Å². The first kappa shape index (κ1) is 18.1. The highest BCUT2D eigenvalue weighted by Crippen LogP contribution is 2.27. The van der Waals surface area contributed by atoms with Crippen molar-refractivity contribution in [1.29, 1.82) is 5.41 Å². The number of imidazole rings is 1. The minimum Gasteiger partial charge on any atom is -0.384 e. The van der Waals surface area contributed by atoms with Crippen molar-refractivity contribution in [2.45, 2.75) is 6.92 Å². The van der Waals surface area contributed by atoms with Gasteiger partial charge in [-0.2, -0.15) is 0 Å². The Kier molecular flexibility index (Phi) is 5.03. The number of carbonyl (C=O) groups excluding carboxylic acids is 1. The molecular formula is C20H22N6O2. The third kappa shape index (κ3) is 3.22. The largest absolute Gasteiger partial charge is 0.384 e. The Morgan fingerprint density at radius 3 is 2.86 bits per heavy atom. The monoisotopic (exact) mass is 378 g/mol. The summed E-state index contributed by atoms with van der Waals surface area (Å²) < 4.78 is 7.14. The van der Waals surface area contributed by atoms with Crippen LogP contribution in [0.5, 0.6) is 0 Å². The second-order valence-corrected chi connectivity index (χ2v) is 6.52. The van der Waals surface area contributed by atoms with Gasteiger partial charge in [-0.15, -0.1) is 0 Å². The lowest BCUT2D eigenvalue weighted by Crippen LogP contribution is -2.41. The lowest BCUT2D eigenvalue weighted by atomic mass is 10.0. The first-order valence-corrected chi connectivity index (χ1v) is 9.29. The molecule has 1 amide bonds. The number of amides is 1. The zero-order valence-corrected chi connectivity index (χ0v) is 15.7. The van der Waals surface area contributed by atoms with Gasteiger partial charge in [0.2, 0.25) is 0 Å². The maximum Gasteiger partial charge on any atom is 0.272 e. The van der Waals surface area contributed by atoms with E-state index >= 15 is 0 Å². The SMILES string of the molecule is CCNc1cncc(-c2ccc3ncc(C(=O)N4CCOCC4)n3c2)c1C=N. The van der Waals surface area contributed by atoms with E-state index in [1.54, 1.807) is 27.9 Å². The third-order valence-electron chi connectivity index (χ3n) is 4.83. The van der Waals surface area contributed by atoms with Crippen molar-refractivity contribution in [3.63, 3.8) is 0 Å². The molecule has 1 fully saturated rings. The lowest BCUT2D eigenvalue weighted by molar-refractivity contribution is 0.0298. The number of ether oxygens (including phenoxy) is 1. The normalized spacial score (nSPS) is 14.2. The summed E-state index contributed by atoms with van der Waals surface area (Å²) in [4.78, 5) is 23.4. The molecule has 3 aromatic rings. The molecule has 1 aliphatic heterocycles. The summed E-state index contributed by atoms with van der Waals surface area (Å²) >= 11 is 0. The Hall–Kier alpha value is -3.26. The number of hydrogen-bond donors (Lipinski definition) is 2. The van der Waals surface area contributed by atoms with Gasteiger partial charge in [0.05, 0.1) is 31.3 Å². The molecular weight excluding hydrogens is 356 g/mol.